The molecule has 5 heavy (non-hydrogen) atoms. The largest absolute Gasteiger partial charge is 0.333 e. The van der Waals surface area contributed by atoms with Gasteiger partial charge in [0, 0.05) is 7.74 Å². The third-order valence-corrected chi connectivity index (χ3v) is 0.813. The maximum Gasteiger partial charge on any atom is 0.125 e. The molecule has 2 radical (unpaired) electrons. The van der Waals surface area contributed by atoms with E-state index in [2.05, 4.69) is 5.32 Å². The van der Waals surface area contributed by atoms with Crippen LogP contribution in [0.5, 0.6) is 0 Å². The van der Waals surface area contributed by atoms with Gasteiger partial charge in [-0.3, -0.25) is 0 Å². The molecule has 1 aliphatic heterocycles. The Hall–Kier alpha value is 0.0899. The highest BCUT2D eigenvalue weighted by Gasteiger charge is 2.11. The summed E-state index contributed by atoms with van der Waals surface area (Å²) in [4.78, 5) is 0. The van der Waals surface area contributed by atoms with Crippen LogP contribution < -0.4 is 5.32 Å². The molecule has 1 aliphatic rings. The Morgan fingerprint density at radius 3 is 2.00 bits per heavy atom. The molecule has 0 aliphatic carbocycles. The van der Waals surface area contributed by atoms with Crippen LogP contribution in [0.25, 0.3) is 0 Å². The van der Waals surface area contributed by atoms with E-state index in [0.717, 1.165) is 12.9 Å². The van der Waals surface area contributed by atoms with Crippen LogP contribution in [0, 0.1) is 0 Å². The summed E-state index contributed by atoms with van der Waals surface area (Å²) in [6, 6.07) is 0. The summed E-state index contributed by atoms with van der Waals surface area (Å²) >= 11 is 0. The van der Waals surface area contributed by atoms with Crippen molar-refractivity contribution in [2.45, 2.75) is 0 Å². The zero-order chi connectivity index (χ0) is 3.70. The third kappa shape index (κ3) is 0.482. The summed E-state index contributed by atoms with van der Waals surface area (Å²) < 4.78 is 0. The molecule has 0 bridgehead atoms. The number of nitrogens with one attached hydrogen (secondary N) is 1. The SMILES string of the molecule is [B]B1CNC1. The Morgan fingerprint density at radius 1 is 1.60 bits per heavy atom. The van der Waals surface area contributed by atoms with Crippen LogP contribution >= 0.6 is 0 Å². The molecular formula is C2H5B2N. The van der Waals surface area contributed by atoms with Crippen molar-refractivity contribution in [3.05, 3.63) is 0 Å². The van der Waals surface area contributed by atoms with Crippen molar-refractivity contribution in [1.82, 2.24) is 5.32 Å². The quantitative estimate of drug-likeness (QED) is 0.350. The van der Waals surface area contributed by atoms with E-state index < -0.39 is 0 Å². The number of hydrogen-bond acceptors (Lipinski definition) is 1. The van der Waals surface area contributed by atoms with Gasteiger partial charge in [0.1, 0.15) is 6.60 Å². The van der Waals surface area contributed by atoms with Gasteiger partial charge in [-0.2, -0.15) is 0 Å². The lowest BCUT2D eigenvalue weighted by atomic mass is 9.29. The standard InChI is InChI=1S/C2H5B2N/c3-4-1-5-2-4/h5H,1-2H2. The second-order valence-electron chi connectivity index (χ2n) is 1.42. The summed E-state index contributed by atoms with van der Waals surface area (Å²) in [5.41, 5.74) is 0. The highest BCUT2D eigenvalue weighted by atomic mass is 14.9. The fraction of sp³-hybridized carbons (Fsp3) is 1.00. The second kappa shape index (κ2) is 1.05. The highest BCUT2D eigenvalue weighted by Crippen LogP contribution is 1.78. The Morgan fingerprint density at radius 2 is 2.00 bits per heavy atom. The van der Waals surface area contributed by atoms with E-state index in [1.807, 2.05) is 0 Å². The highest BCUT2D eigenvalue weighted by molar-refractivity contribution is 7.05. The minimum absolute atomic E-state index is 0.454. The Bertz CT molecular complexity index is 34.6. The van der Waals surface area contributed by atoms with Gasteiger partial charge in [-0.05, 0) is 12.9 Å². The lowest BCUT2D eigenvalue weighted by molar-refractivity contribution is 0.835. The molecule has 0 saturated carbocycles. The topological polar surface area (TPSA) is 12.0 Å². The van der Waals surface area contributed by atoms with Crippen LogP contribution in [-0.4, -0.2) is 27.2 Å². The van der Waals surface area contributed by atoms with E-state index >= 15 is 0 Å². The molecule has 1 N–H and O–H groups in total. The van der Waals surface area contributed by atoms with Crippen molar-refractivity contribution in [2.24, 2.45) is 0 Å². The number of rotatable bonds is 0. The van der Waals surface area contributed by atoms with Crippen LogP contribution in [0.3, 0.4) is 0 Å². The lowest BCUT2D eigenvalue weighted by Gasteiger charge is -2.19. The fourth-order valence-electron chi connectivity index (χ4n) is 0.311. The van der Waals surface area contributed by atoms with Crippen LogP contribution in [0.1, 0.15) is 0 Å². The molecule has 0 aromatic carbocycles. The second-order valence-corrected chi connectivity index (χ2v) is 1.42. The third-order valence-electron chi connectivity index (χ3n) is 0.813. The van der Waals surface area contributed by atoms with Gasteiger partial charge < -0.3 is 5.32 Å². The van der Waals surface area contributed by atoms with Gasteiger partial charge in [-0.25, -0.2) is 0 Å². The summed E-state index contributed by atoms with van der Waals surface area (Å²) in [7, 11) is 5.32. The molecule has 1 rings (SSSR count). The minimum Gasteiger partial charge on any atom is -0.333 e. The van der Waals surface area contributed by atoms with E-state index in [0.29, 0.717) is 6.60 Å². The first-order valence-corrected chi connectivity index (χ1v) is 1.86. The maximum absolute atomic E-state index is 5.32. The van der Waals surface area contributed by atoms with Crippen molar-refractivity contribution < 1.29 is 0 Å². The molecule has 0 aromatic rings. The summed E-state index contributed by atoms with van der Waals surface area (Å²) in [5, 5.41) is 3.04. The minimum atomic E-state index is 0.454. The van der Waals surface area contributed by atoms with Gasteiger partial charge in [0.2, 0.25) is 0 Å². The van der Waals surface area contributed by atoms with Gasteiger partial charge in [-0.15, -0.1) is 0 Å². The Balaban J connectivity index is 2.08. The Kier molecular flexibility index (Phi) is 0.692. The monoisotopic (exact) mass is 65.1 g/mol. The fourth-order valence-corrected chi connectivity index (χ4v) is 0.311. The predicted octanol–water partition coefficient (Wildman–Crippen LogP) is -1.17. The van der Waals surface area contributed by atoms with Gasteiger partial charge in [0.15, 0.2) is 0 Å². The molecule has 0 amide bonds. The van der Waals surface area contributed by atoms with E-state index in [9.17, 15) is 0 Å². The average Bonchev–Trinajstić information content (AvgIpc) is 1.30. The first-order chi connectivity index (χ1) is 2.39. The van der Waals surface area contributed by atoms with Crippen molar-refractivity contribution in [3.8, 4) is 0 Å². The molecule has 1 fully saturated rings. The maximum atomic E-state index is 5.32. The van der Waals surface area contributed by atoms with Gasteiger partial charge >= 0.3 is 0 Å². The molecule has 0 aromatic heterocycles. The molecule has 24 valence electrons. The van der Waals surface area contributed by atoms with Gasteiger partial charge in [0.25, 0.3) is 0 Å². The number of hydrogen-bond donors (Lipinski definition) is 1. The Labute approximate surface area is 33.6 Å². The van der Waals surface area contributed by atoms with Crippen LogP contribution in [-0.2, 0) is 0 Å². The first kappa shape index (κ1) is 3.29. The van der Waals surface area contributed by atoms with E-state index in [1.165, 1.54) is 0 Å². The van der Waals surface area contributed by atoms with Crippen molar-refractivity contribution >= 4 is 14.3 Å². The van der Waals surface area contributed by atoms with Crippen molar-refractivity contribution in [3.63, 3.8) is 0 Å². The summed E-state index contributed by atoms with van der Waals surface area (Å²) in [6.07, 6.45) is 2.03. The molecule has 1 heterocycles. The van der Waals surface area contributed by atoms with Crippen LogP contribution in [0.15, 0.2) is 0 Å². The van der Waals surface area contributed by atoms with Gasteiger partial charge in [0.05, 0.1) is 0 Å². The normalized spacial score (nSPS) is 22.0. The molecule has 0 atom stereocenters. The molecule has 0 unspecified atom stereocenters. The summed E-state index contributed by atoms with van der Waals surface area (Å²) in [5.74, 6) is 0. The molecule has 3 heteroatoms. The zero-order valence-electron chi connectivity index (χ0n) is 3.07. The van der Waals surface area contributed by atoms with E-state index in [-0.39, 0.29) is 0 Å². The van der Waals surface area contributed by atoms with Crippen LogP contribution in [0.2, 0.25) is 0 Å². The molecule has 0 spiro atoms. The van der Waals surface area contributed by atoms with E-state index in [1.54, 1.807) is 0 Å². The molecule has 1 nitrogen and oxygen atoms in total. The first-order valence-electron chi connectivity index (χ1n) is 1.86. The van der Waals surface area contributed by atoms with Crippen molar-refractivity contribution in [1.29, 1.82) is 0 Å². The van der Waals surface area contributed by atoms with Crippen LogP contribution in [0.4, 0.5) is 0 Å². The smallest absolute Gasteiger partial charge is 0.125 e. The van der Waals surface area contributed by atoms with Crippen molar-refractivity contribution in [2.75, 3.05) is 12.9 Å². The predicted molar refractivity (Wildman–Crippen MR) is 24.4 cm³/mol. The molecular weight excluding hydrogens is 59.7 g/mol. The zero-order valence-corrected chi connectivity index (χ0v) is 3.07. The summed E-state index contributed by atoms with van der Waals surface area (Å²) in [6.45, 7) is 0.454. The molecule has 1 saturated heterocycles. The van der Waals surface area contributed by atoms with E-state index in [4.69, 9.17) is 7.74 Å². The average molecular weight is 64.7 g/mol. The van der Waals surface area contributed by atoms with Gasteiger partial charge in [-0.1, -0.05) is 0 Å². The lowest BCUT2D eigenvalue weighted by Crippen LogP contribution is -2.51.